The summed E-state index contributed by atoms with van der Waals surface area (Å²) in [5, 5.41) is 3.16. The van der Waals surface area contributed by atoms with E-state index < -0.39 is 11.7 Å². The molecular formula is C12H17F3N2. The predicted molar refractivity (Wildman–Crippen MR) is 62.5 cm³/mol. The van der Waals surface area contributed by atoms with Gasteiger partial charge in [0.05, 0.1) is 5.57 Å². The lowest BCUT2D eigenvalue weighted by molar-refractivity contribution is -0.0883. The zero-order valence-electron chi connectivity index (χ0n) is 9.85. The summed E-state index contributed by atoms with van der Waals surface area (Å²) in [5.74, 6) is 0. The van der Waals surface area contributed by atoms with Gasteiger partial charge in [-0.25, -0.2) is 0 Å². The Hall–Kier alpha value is -1.23. The first kappa shape index (κ1) is 13.8. The van der Waals surface area contributed by atoms with Crippen LogP contribution in [0.1, 0.15) is 6.92 Å². The number of allylic oxidation sites excluding steroid dienone is 4. The summed E-state index contributed by atoms with van der Waals surface area (Å²) in [6, 6.07) is 0. The Morgan fingerprint density at radius 3 is 2.29 bits per heavy atom. The van der Waals surface area contributed by atoms with Gasteiger partial charge in [0, 0.05) is 31.9 Å². The molecule has 0 aliphatic carbocycles. The molecule has 0 amide bonds. The van der Waals surface area contributed by atoms with Crippen LogP contribution in [0.4, 0.5) is 13.2 Å². The molecule has 0 unspecified atom stereocenters. The number of hydrogen-bond acceptors (Lipinski definition) is 2. The summed E-state index contributed by atoms with van der Waals surface area (Å²) in [4.78, 5) is 1.94. The summed E-state index contributed by atoms with van der Waals surface area (Å²) in [5.41, 5.74) is -0.108. The second-order valence-corrected chi connectivity index (χ2v) is 3.75. The molecule has 1 aliphatic heterocycles. The third kappa shape index (κ3) is 3.93. The van der Waals surface area contributed by atoms with Gasteiger partial charge < -0.3 is 10.2 Å². The Bertz CT molecular complexity index is 323. The van der Waals surface area contributed by atoms with Crippen molar-refractivity contribution in [2.24, 2.45) is 0 Å². The zero-order valence-corrected chi connectivity index (χ0v) is 9.85. The summed E-state index contributed by atoms with van der Waals surface area (Å²) in [6.07, 6.45) is -0.644. The molecule has 5 heteroatoms. The minimum Gasteiger partial charge on any atom is -0.369 e. The van der Waals surface area contributed by atoms with Gasteiger partial charge in [0.25, 0.3) is 0 Å². The summed E-state index contributed by atoms with van der Waals surface area (Å²) in [6.45, 7) is 7.98. The average Bonchev–Trinajstić information content (AvgIpc) is 2.30. The smallest absolute Gasteiger partial charge is 0.369 e. The fourth-order valence-corrected chi connectivity index (χ4v) is 1.70. The van der Waals surface area contributed by atoms with E-state index in [-0.39, 0.29) is 0 Å². The standard InChI is InChI=1S/C12H17F3N2/c1-3-10(12(13,14)15)9-11(4-2)17-7-5-16-6-8-17/h3-4,9,16H,1,5-8H2,2H3/b10-9+,11-4+. The maximum atomic E-state index is 12.6. The van der Waals surface area contributed by atoms with Gasteiger partial charge in [0.15, 0.2) is 0 Å². The Morgan fingerprint density at radius 2 is 1.88 bits per heavy atom. The van der Waals surface area contributed by atoms with Crippen molar-refractivity contribution in [1.82, 2.24) is 10.2 Å². The number of rotatable bonds is 3. The topological polar surface area (TPSA) is 15.3 Å². The van der Waals surface area contributed by atoms with Crippen molar-refractivity contribution in [3.63, 3.8) is 0 Å². The quantitative estimate of drug-likeness (QED) is 0.770. The third-order valence-corrected chi connectivity index (χ3v) is 2.63. The van der Waals surface area contributed by atoms with Crippen molar-refractivity contribution in [2.45, 2.75) is 13.1 Å². The van der Waals surface area contributed by atoms with Gasteiger partial charge in [-0.3, -0.25) is 0 Å². The monoisotopic (exact) mass is 246 g/mol. The molecular weight excluding hydrogens is 229 g/mol. The minimum atomic E-state index is -4.34. The molecule has 96 valence electrons. The number of alkyl halides is 3. The van der Waals surface area contributed by atoms with Crippen molar-refractivity contribution in [2.75, 3.05) is 26.2 Å². The molecule has 2 nitrogen and oxygen atoms in total. The van der Waals surface area contributed by atoms with Crippen molar-refractivity contribution in [3.05, 3.63) is 36.1 Å². The summed E-state index contributed by atoms with van der Waals surface area (Å²) in [7, 11) is 0. The Labute approximate surface area is 99.5 Å². The Morgan fingerprint density at radius 1 is 1.29 bits per heavy atom. The largest absolute Gasteiger partial charge is 0.416 e. The van der Waals surface area contributed by atoms with Crippen LogP contribution in [0.2, 0.25) is 0 Å². The van der Waals surface area contributed by atoms with E-state index in [4.69, 9.17) is 0 Å². The van der Waals surface area contributed by atoms with Crippen LogP contribution < -0.4 is 5.32 Å². The van der Waals surface area contributed by atoms with Crippen LogP contribution in [-0.2, 0) is 0 Å². The molecule has 0 saturated carbocycles. The van der Waals surface area contributed by atoms with Crippen LogP contribution in [0.3, 0.4) is 0 Å². The maximum absolute atomic E-state index is 12.6. The molecule has 0 aromatic heterocycles. The van der Waals surface area contributed by atoms with E-state index in [1.165, 1.54) is 0 Å². The summed E-state index contributed by atoms with van der Waals surface area (Å²) < 4.78 is 37.8. The van der Waals surface area contributed by atoms with Gasteiger partial charge >= 0.3 is 6.18 Å². The molecule has 1 N–H and O–H groups in total. The fourth-order valence-electron chi connectivity index (χ4n) is 1.70. The molecule has 1 aliphatic rings. The first-order chi connectivity index (χ1) is 7.99. The lowest BCUT2D eigenvalue weighted by Crippen LogP contribution is -2.42. The van der Waals surface area contributed by atoms with Crippen molar-refractivity contribution < 1.29 is 13.2 Å². The van der Waals surface area contributed by atoms with Gasteiger partial charge in [-0.05, 0) is 13.0 Å². The average molecular weight is 246 g/mol. The van der Waals surface area contributed by atoms with Gasteiger partial charge in [-0.1, -0.05) is 18.7 Å². The van der Waals surface area contributed by atoms with Gasteiger partial charge in [-0.15, -0.1) is 0 Å². The predicted octanol–water partition coefficient (Wildman–Crippen LogP) is 2.47. The highest BCUT2D eigenvalue weighted by Crippen LogP contribution is 2.27. The lowest BCUT2D eigenvalue weighted by Gasteiger charge is -2.30. The van der Waals surface area contributed by atoms with E-state index in [0.29, 0.717) is 5.70 Å². The van der Waals surface area contributed by atoms with Crippen molar-refractivity contribution >= 4 is 0 Å². The van der Waals surface area contributed by atoms with Crippen LogP contribution in [-0.4, -0.2) is 37.3 Å². The first-order valence-electron chi connectivity index (χ1n) is 5.52. The molecule has 0 aromatic rings. The van der Waals surface area contributed by atoms with E-state index >= 15 is 0 Å². The van der Waals surface area contributed by atoms with E-state index in [1.807, 2.05) is 4.90 Å². The zero-order chi connectivity index (χ0) is 12.9. The molecule has 0 radical (unpaired) electrons. The highest BCUT2D eigenvalue weighted by Gasteiger charge is 2.31. The summed E-state index contributed by atoms with van der Waals surface area (Å²) >= 11 is 0. The second kappa shape index (κ2) is 5.91. The first-order valence-corrected chi connectivity index (χ1v) is 5.52. The SMILES string of the molecule is C=C/C(=C\C(=C/C)N1CCNCC1)C(F)(F)F. The number of piperazine rings is 1. The number of nitrogens with one attached hydrogen (secondary N) is 1. The number of nitrogens with zero attached hydrogens (tertiary/aromatic N) is 1. The van der Waals surface area contributed by atoms with Crippen molar-refractivity contribution in [3.8, 4) is 0 Å². The van der Waals surface area contributed by atoms with E-state index in [2.05, 4.69) is 11.9 Å². The molecule has 0 bridgehead atoms. The minimum absolute atomic E-state index is 0.596. The number of halogens is 3. The van der Waals surface area contributed by atoms with E-state index in [0.717, 1.165) is 38.3 Å². The highest BCUT2D eigenvalue weighted by atomic mass is 19.4. The molecule has 1 rings (SSSR count). The van der Waals surface area contributed by atoms with Gasteiger partial charge in [0.1, 0.15) is 0 Å². The van der Waals surface area contributed by atoms with Gasteiger partial charge in [-0.2, -0.15) is 13.2 Å². The molecule has 0 aromatic carbocycles. The van der Waals surface area contributed by atoms with Crippen LogP contribution in [0.25, 0.3) is 0 Å². The van der Waals surface area contributed by atoms with Crippen LogP contribution >= 0.6 is 0 Å². The van der Waals surface area contributed by atoms with Crippen LogP contribution in [0, 0.1) is 0 Å². The molecule has 1 fully saturated rings. The van der Waals surface area contributed by atoms with Crippen LogP contribution in [0.5, 0.6) is 0 Å². The molecule has 0 atom stereocenters. The van der Waals surface area contributed by atoms with Crippen molar-refractivity contribution in [1.29, 1.82) is 0 Å². The molecule has 0 spiro atoms. The third-order valence-electron chi connectivity index (χ3n) is 2.63. The fraction of sp³-hybridized carbons (Fsp3) is 0.500. The maximum Gasteiger partial charge on any atom is 0.416 e. The Kier molecular flexibility index (Phi) is 4.81. The molecule has 1 heterocycles. The van der Waals surface area contributed by atoms with Gasteiger partial charge in [0.2, 0.25) is 0 Å². The normalized spacial score (nSPS) is 19.4. The lowest BCUT2D eigenvalue weighted by atomic mass is 10.1. The second-order valence-electron chi connectivity index (χ2n) is 3.75. The Balaban J connectivity index is 2.87. The number of hydrogen-bond donors (Lipinski definition) is 1. The van der Waals surface area contributed by atoms with Crippen LogP contribution in [0.15, 0.2) is 36.1 Å². The van der Waals surface area contributed by atoms with E-state index in [1.54, 1.807) is 13.0 Å². The molecule has 1 saturated heterocycles. The molecule has 17 heavy (non-hydrogen) atoms. The highest BCUT2D eigenvalue weighted by molar-refractivity contribution is 5.31. The van der Waals surface area contributed by atoms with E-state index in [9.17, 15) is 13.2 Å².